The van der Waals surface area contributed by atoms with E-state index in [0.29, 0.717) is 0 Å². The number of methoxy groups -OCH3 is 4. The highest BCUT2D eigenvalue weighted by Crippen LogP contribution is 2.42. The zero-order valence-electron chi connectivity index (χ0n) is 16.1. The van der Waals surface area contributed by atoms with E-state index in [2.05, 4.69) is 25.5 Å². The zero-order valence-corrected chi connectivity index (χ0v) is 16.1. The minimum absolute atomic E-state index is 0.000130. The normalized spacial score (nSPS) is 15.5. The van der Waals surface area contributed by atoms with Crippen molar-refractivity contribution in [1.29, 1.82) is 5.26 Å². The maximum Gasteiger partial charge on any atom is 0.225 e. The van der Waals surface area contributed by atoms with Crippen LogP contribution in [-0.4, -0.2) is 28.4 Å². The third-order valence-electron chi connectivity index (χ3n) is 4.19. The molecule has 0 fully saturated rings. The summed E-state index contributed by atoms with van der Waals surface area (Å²) in [5, 5.41) is 8.92. The number of nitriles is 1. The van der Waals surface area contributed by atoms with Gasteiger partial charge in [-0.15, -0.1) is 0 Å². The Kier molecular flexibility index (Phi) is 9.55. The number of halogens is 4. The smallest absolute Gasteiger partial charge is 0.225 e. The summed E-state index contributed by atoms with van der Waals surface area (Å²) in [7, 11) is 4.15. The molecule has 0 radical (unpaired) electrons. The molecule has 0 spiro atoms. The van der Waals surface area contributed by atoms with Crippen molar-refractivity contribution in [1.82, 2.24) is 0 Å². The van der Waals surface area contributed by atoms with Gasteiger partial charge in [0.05, 0.1) is 6.07 Å². The Morgan fingerprint density at radius 3 is 1.61 bits per heavy atom. The van der Waals surface area contributed by atoms with E-state index in [4.69, 9.17) is 5.26 Å². The standard InChI is InChI=1S/C19H23F4NO4/c1-10(9-24)6-7-11-14(18(22)27-4)12(16(20)25-2)8-13(17(21)26-3)15(11)19(23)28-5/h8,16-19H,1,6-7H2,2-5H3. The van der Waals surface area contributed by atoms with Gasteiger partial charge in [-0.25, -0.2) is 17.6 Å². The fourth-order valence-corrected chi connectivity index (χ4v) is 2.82. The fourth-order valence-electron chi connectivity index (χ4n) is 2.82. The van der Waals surface area contributed by atoms with Crippen LogP contribution in [0.5, 0.6) is 0 Å². The number of rotatable bonds is 11. The summed E-state index contributed by atoms with van der Waals surface area (Å²) < 4.78 is 76.7. The van der Waals surface area contributed by atoms with Crippen LogP contribution in [0, 0.1) is 11.3 Å². The van der Waals surface area contributed by atoms with Crippen LogP contribution in [0.1, 0.15) is 59.7 Å². The lowest BCUT2D eigenvalue weighted by molar-refractivity contribution is -0.0352. The summed E-state index contributed by atoms with van der Waals surface area (Å²) in [6.45, 7) is 3.52. The van der Waals surface area contributed by atoms with Crippen molar-refractivity contribution in [3.05, 3.63) is 46.0 Å². The van der Waals surface area contributed by atoms with Crippen molar-refractivity contribution < 1.29 is 36.5 Å². The molecule has 9 heteroatoms. The number of benzene rings is 1. The van der Waals surface area contributed by atoms with Crippen molar-refractivity contribution >= 4 is 0 Å². The lowest BCUT2D eigenvalue weighted by atomic mass is 9.87. The van der Waals surface area contributed by atoms with Gasteiger partial charge in [0.2, 0.25) is 25.4 Å². The third kappa shape index (κ3) is 5.29. The van der Waals surface area contributed by atoms with Gasteiger partial charge >= 0.3 is 0 Å². The van der Waals surface area contributed by atoms with Crippen molar-refractivity contribution in [2.45, 2.75) is 38.3 Å². The SMILES string of the molecule is C=C(C#N)CCc1c(C(F)OC)c(C(F)OC)cc(C(F)OC)c1C(F)OC. The maximum atomic E-state index is 14.6. The van der Waals surface area contributed by atoms with Gasteiger partial charge in [-0.3, -0.25) is 0 Å². The molecule has 0 aliphatic carbocycles. The highest BCUT2D eigenvalue weighted by Gasteiger charge is 2.33. The number of alkyl halides is 4. The van der Waals surface area contributed by atoms with E-state index in [9.17, 15) is 17.6 Å². The number of nitrogens with zero attached hydrogens (tertiary/aromatic N) is 1. The second kappa shape index (κ2) is 11.1. The van der Waals surface area contributed by atoms with E-state index >= 15 is 0 Å². The van der Waals surface area contributed by atoms with Crippen LogP contribution in [0.3, 0.4) is 0 Å². The lowest BCUT2D eigenvalue weighted by Gasteiger charge is -2.26. The first kappa shape index (κ1) is 24.0. The first-order chi connectivity index (χ1) is 13.3. The van der Waals surface area contributed by atoms with E-state index in [-0.39, 0.29) is 46.2 Å². The average Bonchev–Trinajstić information content (AvgIpc) is 2.73. The molecule has 0 aliphatic rings. The predicted octanol–water partition coefficient (Wildman–Crippen LogP) is 5.16. The second-order valence-electron chi connectivity index (χ2n) is 5.78. The number of ether oxygens (including phenoxy) is 4. The van der Waals surface area contributed by atoms with Crippen molar-refractivity contribution in [3.63, 3.8) is 0 Å². The first-order valence-corrected chi connectivity index (χ1v) is 8.21. The Hall–Kier alpha value is -1.99. The number of hydrogen-bond donors (Lipinski definition) is 0. The molecular formula is C19H23F4NO4. The van der Waals surface area contributed by atoms with Crippen LogP contribution in [0.15, 0.2) is 18.2 Å². The molecule has 4 atom stereocenters. The molecule has 1 aromatic rings. The highest BCUT2D eigenvalue weighted by molar-refractivity contribution is 5.49. The summed E-state index contributed by atoms with van der Waals surface area (Å²) in [6, 6.07) is 2.74. The molecule has 0 N–H and O–H groups in total. The zero-order chi connectivity index (χ0) is 21.4. The van der Waals surface area contributed by atoms with Crippen molar-refractivity contribution in [3.8, 4) is 6.07 Å². The van der Waals surface area contributed by atoms with Crippen LogP contribution in [-0.2, 0) is 25.4 Å². The molecule has 0 saturated carbocycles. The molecule has 156 valence electrons. The van der Waals surface area contributed by atoms with Gasteiger partial charge in [0.15, 0.2) is 0 Å². The quantitative estimate of drug-likeness (QED) is 0.376. The molecule has 28 heavy (non-hydrogen) atoms. The summed E-state index contributed by atoms with van der Waals surface area (Å²) in [4.78, 5) is 0. The molecular weight excluding hydrogens is 382 g/mol. The van der Waals surface area contributed by atoms with Gasteiger partial charge in [0, 0.05) is 56.3 Å². The van der Waals surface area contributed by atoms with Crippen LogP contribution in [0.25, 0.3) is 0 Å². The second-order valence-corrected chi connectivity index (χ2v) is 5.78. The van der Waals surface area contributed by atoms with Gasteiger partial charge in [0.1, 0.15) is 0 Å². The summed E-state index contributed by atoms with van der Waals surface area (Å²) >= 11 is 0. The average molecular weight is 405 g/mol. The van der Waals surface area contributed by atoms with Crippen molar-refractivity contribution in [2.75, 3.05) is 28.4 Å². The van der Waals surface area contributed by atoms with Crippen LogP contribution in [0.4, 0.5) is 17.6 Å². The minimum Gasteiger partial charge on any atom is -0.348 e. The number of hydrogen-bond acceptors (Lipinski definition) is 5. The third-order valence-corrected chi connectivity index (χ3v) is 4.19. The van der Waals surface area contributed by atoms with E-state index in [0.717, 1.165) is 34.5 Å². The Balaban J connectivity index is 3.90. The molecule has 4 unspecified atom stereocenters. The summed E-state index contributed by atoms with van der Waals surface area (Å²) in [6.07, 6.45) is -8.74. The molecule has 0 amide bonds. The van der Waals surface area contributed by atoms with Crippen LogP contribution in [0.2, 0.25) is 0 Å². The van der Waals surface area contributed by atoms with Gasteiger partial charge in [-0.2, -0.15) is 5.26 Å². The van der Waals surface area contributed by atoms with Crippen molar-refractivity contribution in [2.24, 2.45) is 0 Å². The summed E-state index contributed by atoms with van der Waals surface area (Å²) in [5.41, 5.74) is -1.45. The molecule has 0 aromatic heterocycles. The van der Waals surface area contributed by atoms with Crippen LogP contribution >= 0.6 is 0 Å². The Morgan fingerprint density at radius 1 is 0.893 bits per heavy atom. The molecule has 5 nitrogen and oxygen atoms in total. The highest BCUT2D eigenvalue weighted by atomic mass is 19.2. The van der Waals surface area contributed by atoms with E-state index in [1.54, 1.807) is 0 Å². The minimum atomic E-state index is -2.16. The largest absolute Gasteiger partial charge is 0.348 e. The molecule has 1 aromatic carbocycles. The van der Waals surface area contributed by atoms with E-state index < -0.39 is 25.4 Å². The molecule has 0 saturated heterocycles. The number of allylic oxidation sites excluding steroid dienone is 1. The van der Waals surface area contributed by atoms with Crippen LogP contribution < -0.4 is 0 Å². The lowest BCUT2D eigenvalue weighted by Crippen LogP contribution is -2.17. The summed E-state index contributed by atoms with van der Waals surface area (Å²) in [5.74, 6) is 0. The molecule has 0 bridgehead atoms. The van der Waals surface area contributed by atoms with E-state index in [1.165, 1.54) is 0 Å². The maximum absolute atomic E-state index is 14.6. The Morgan fingerprint density at radius 2 is 1.29 bits per heavy atom. The molecule has 1 rings (SSSR count). The van der Waals surface area contributed by atoms with Gasteiger partial charge in [0.25, 0.3) is 0 Å². The van der Waals surface area contributed by atoms with Gasteiger partial charge in [-0.1, -0.05) is 6.58 Å². The Bertz CT molecular complexity index is 681. The monoisotopic (exact) mass is 405 g/mol. The topological polar surface area (TPSA) is 60.7 Å². The Labute approximate surface area is 161 Å². The predicted molar refractivity (Wildman–Crippen MR) is 92.9 cm³/mol. The van der Waals surface area contributed by atoms with E-state index in [1.807, 2.05) is 6.07 Å². The molecule has 0 aliphatic heterocycles. The fraction of sp³-hybridized carbons (Fsp3) is 0.526. The molecule has 0 heterocycles. The van der Waals surface area contributed by atoms with Gasteiger partial charge in [-0.05, 0) is 24.5 Å². The van der Waals surface area contributed by atoms with Gasteiger partial charge < -0.3 is 18.9 Å². The first-order valence-electron chi connectivity index (χ1n) is 8.21.